The molecule has 2 rings (SSSR count). The van der Waals surface area contributed by atoms with Crippen LogP contribution in [0.15, 0.2) is 16.6 Å². The zero-order valence-corrected chi connectivity index (χ0v) is 14.6. The fourth-order valence-corrected chi connectivity index (χ4v) is 3.27. The first-order chi connectivity index (χ1) is 9.41. The number of benzene rings is 1. The van der Waals surface area contributed by atoms with Crippen molar-refractivity contribution in [2.24, 2.45) is 5.41 Å². The lowest BCUT2D eigenvalue weighted by Gasteiger charge is -2.32. The highest BCUT2D eigenvalue weighted by atomic mass is 79.9. The van der Waals surface area contributed by atoms with Crippen LogP contribution in [-0.2, 0) is 12.8 Å². The van der Waals surface area contributed by atoms with Crippen LogP contribution >= 0.6 is 15.9 Å². The largest absolute Gasteiger partial charge is 0.493 e. The first-order valence-electron chi connectivity index (χ1n) is 7.59. The Morgan fingerprint density at radius 2 is 2.10 bits per heavy atom. The van der Waals surface area contributed by atoms with Gasteiger partial charge in [-0.2, -0.15) is 0 Å². The van der Waals surface area contributed by atoms with E-state index < -0.39 is 0 Å². The number of halogens is 1. The minimum atomic E-state index is 0.239. The number of rotatable bonds is 5. The first kappa shape index (κ1) is 15.8. The van der Waals surface area contributed by atoms with Gasteiger partial charge in [-0.1, -0.05) is 43.6 Å². The van der Waals surface area contributed by atoms with Crippen LogP contribution < -0.4 is 10.1 Å². The average Bonchev–Trinajstić information content (AvgIpc) is 2.80. The molecule has 0 amide bonds. The second-order valence-corrected chi connectivity index (χ2v) is 7.64. The molecule has 0 radical (unpaired) electrons. The summed E-state index contributed by atoms with van der Waals surface area (Å²) in [6.45, 7) is 11.0. The quantitative estimate of drug-likeness (QED) is 0.861. The Morgan fingerprint density at radius 3 is 2.75 bits per heavy atom. The first-order valence-corrected chi connectivity index (χ1v) is 8.38. The Hall–Kier alpha value is -0.540. The fraction of sp³-hybridized carbons (Fsp3) is 0.647. The molecule has 0 fully saturated rings. The van der Waals surface area contributed by atoms with Crippen LogP contribution in [0, 0.1) is 5.41 Å². The van der Waals surface area contributed by atoms with Crippen molar-refractivity contribution in [2.75, 3.05) is 13.2 Å². The number of hydrogen-bond donors (Lipinski definition) is 1. The van der Waals surface area contributed by atoms with Crippen molar-refractivity contribution in [1.29, 1.82) is 0 Å². The van der Waals surface area contributed by atoms with Gasteiger partial charge in [0.25, 0.3) is 0 Å². The zero-order chi connectivity index (χ0) is 14.8. The standard InChI is InChI=1S/C17H26BrNO/c1-5-7-19-15(17(2,3)4)11-13-10-14(18)9-12-6-8-20-16(12)13/h9-10,15,19H,5-8,11H2,1-4H3. The molecular weight excluding hydrogens is 314 g/mol. The van der Waals surface area contributed by atoms with Gasteiger partial charge in [0.2, 0.25) is 0 Å². The lowest BCUT2D eigenvalue weighted by atomic mass is 9.82. The van der Waals surface area contributed by atoms with Crippen molar-refractivity contribution in [3.63, 3.8) is 0 Å². The topological polar surface area (TPSA) is 21.3 Å². The summed E-state index contributed by atoms with van der Waals surface area (Å²) in [5.74, 6) is 1.13. The van der Waals surface area contributed by atoms with E-state index in [1.807, 2.05) is 0 Å². The summed E-state index contributed by atoms with van der Waals surface area (Å²) in [4.78, 5) is 0. The Labute approximate surface area is 131 Å². The van der Waals surface area contributed by atoms with Crippen molar-refractivity contribution in [3.8, 4) is 5.75 Å². The Balaban J connectivity index is 2.22. The summed E-state index contributed by atoms with van der Waals surface area (Å²) in [6, 6.07) is 4.87. The highest BCUT2D eigenvalue weighted by molar-refractivity contribution is 9.10. The molecule has 1 N–H and O–H groups in total. The predicted molar refractivity (Wildman–Crippen MR) is 88.6 cm³/mol. The van der Waals surface area contributed by atoms with Crippen molar-refractivity contribution < 1.29 is 4.74 Å². The van der Waals surface area contributed by atoms with E-state index in [1.54, 1.807) is 0 Å². The van der Waals surface area contributed by atoms with Crippen LogP contribution in [0.5, 0.6) is 5.75 Å². The van der Waals surface area contributed by atoms with Crippen molar-refractivity contribution in [3.05, 3.63) is 27.7 Å². The molecule has 20 heavy (non-hydrogen) atoms. The van der Waals surface area contributed by atoms with Crippen LogP contribution in [0.3, 0.4) is 0 Å². The summed E-state index contributed by atoms with van der Waals surface area (Å²) in [6.07, 6.45) is 3.22. The van der Waals surface area contributed by atoms with Crippen molar-refractivity contribution in [2.45, 2.75) is 53.0 Å². The molecule has 1 heterocycles. The van der Waals surface area contributed by atoms with Gasteiger partial charge in [0, 0.05) is 16.9 Å². The van der Waals surface area contributed by atoms with E-state index >= 15 is 0 Å². The van der Waals surface area contributed by atoms with Gasteiger partial charge in [-0.3, -0.25) is 0 Å². The summed E-state index contributed by atoms with van der Waals surface area (Å²) in [7, 11) is 0. The van der Waals surface area contributed by atoms with Gasteiger partial charge in [0.1, 0.15) is 5.75 Å². The third-order valence-electron chi connectivity index (χ3n) is 3.94. The normalized spacial score (nSPS) is 15.8. The maximum absolute atomic E-state index is 5.85. The third kappa shape index (κ3) is 3.76. The molecule has 0 bridgehead atoms. The van der Waals surface area contributed by atoms with Gasteiger partial charge in [-0.15, -0.1) is 0 Å². The van der Waals surface area contributed by atoms with Gasteiger partial charge in [-0.05, 0) is 48.1 Å². The molecule has 1 aromatic carbocycles. The lowest BCUT2D eigenvalue weighted by Crippen LogP contribution is -2.42. The van der Waals surface area contributed by atoms with Crippen LogP contribution in [0.1, 0.15) is 45.2 Å². The molecule has 3 heteroatoms. The zero-order valence-electron chi connectivity index (χ0n) is 13.1. The van der Waals surface area contributed by atoms with E-state index in [2.05, 4.69) is 61.1 Å². The minimum absolute atomic E-state index is 0.239. The summed E-state index contributed by atoms with van der Waals surface area (Å²) in [5, 5.41) is 3.70. The molecular formula is C17H26BrNO. The fourth-order valence-electron chi connectivity index (χ4n) is 2.72. The second kappa shape index (κ2) is 6.48. The summed E-state index contributed by atoms with van der Waals surface area (Å²) < 4.78 is 7.02. The van der Waals surface area contributed by atoms with Crippen molar-refractivity contribution >= 4 is 15.9 Å². The third-order valence-corrected chi connectivity index (χ3v) is 4.39. The predicted octanol–water partition coefficient (Wildman–Crippen LogP) is 4.34. The molecule has 0 spiro atoms. The molecule has 0 saturated heterocycles. The molecule has 1 aliphatic heterocycles. The summed E-state index contributed by atoms with van der Waals surface area (Å²) >= 11 is 3.63. The van der Waals surface area contributed by atoms with E-state index in [-0.39, 0.29) is 5.41 Å². The van der Waals surface area contributed by atoms with Crippen LogP contribution in [0.4, 0.5) is 0 Å². The van der Waals surface area contributed by atoms with E-state index in [0.29, 0.717) is 6.04 Å². The van der Waals surface area contributed by atoms with Gasteiger partial charge in [0.05, 0.1) is 6.61 Å². The van der Waals surface area contributed by atoms with E-state index in [0.717, 1.165) is 31.7 Å². The highest BCUT2D eigenvalue weighted by Crippen LogP contribution is 2.35. The van der Waals surface area contributed by atoms with Crippen LogP contribution in [-0.4, -0.2) is 19.2 Å². The molecule has 1 aliphatic rings. The Bertz CT molecular complexity index is 465. The maximum atomic E-state index is 5.85. The maximum Gasteiger partial charge on any atom is 0.125 e. The van der Waals surface area contributed by atoms with E-state index in [1.165, 1.54) is 22.0 Å². The van der Waals surface area contributed by atoms with Gasteiger partial charge >= 0.3 is 0 Å². The number of nitrogens with one attached hydrogen (secondary N) is 1. The second-order valence-electron chi connectivity index (χ2n) is 6.73. The smallest absolute Gasteiger partial charge is 0.125 e. The van der Waals surface area contributed by atoms with Crippen molar-refractivity contribution in [1.82, 2.24) is 5.32 Å². The lowest BCUT2D eigenvalue weighted by molar-refractivity contribution is 0.263. The summed E-state index contributed by atoms with van der Waals surface area (Å²) in [5.41, 5.74) is 2.91. The van der Waals surface area contributed by atoms with Gasteiger partial charge in [-0.25, -0.2) is 0 Å². The number of fused-ring (bicyclic) bond motifs is 1. The number of hydrogen-bond acceptors (Lipinski definition) is 2. The molecule has 0 aliphatic carbocycles. The molecule has 1 unspecified atom stereocenters. The Morgan fingerprint density at radius 1 is 1.35 bits per heavy atom. The molecule has 1 atom stereocenters. The van der Waals surface area contributed by atoms with E-state index in [9.17, 15) is 0 Å². The molecule has 2 nitrogen and oxygen atoms in total. The Kier molecular flexibility index (Phi) is 5.14. The molecule has 0 saturated carbocycles. The molecule has 1 aromatic rings. The minimum Gasteiger partial charge on any atom is -0.493 e. The number of ether oxygens (including phenoxy) is 1. The highest BCUT2D eigenvalue weighted by Gasteiger charge is 2.27. The van der Waals surface area contributed by atoms with E-state index in [4.69, 9.17) is 4.74 Å². The monoisotopic (exact) mass is 339 g/mol. The van der Waals surface area contributed by atoms with Crippen LogP contribution in [0.25, 0.3) is 0 Å². The SMILES string of the molecule is CCCNC(Cc1cc(Br)cc2c1OCC2)C(C)(C)C. The molecule has 112 valence electrons. The van der Waals surface area contributed by atoms with Gasteiger partial charge in [0.15, 0.2) is 0 Å². The molecule has 0 aromatic heterocycles. The van der Waals surface area contributed by atoms with Gasteiger partial charge < -0.3 is 10.1 Å². The van der Waals surface area contributed by atoms with Crippen LogP contribution in [0.2, 0.25) is 0 Å². The average molecular weight is 340 g/mol.